The molecule has 7 heteroatoms. The van der Waals surface area contributed by atoms with Gasteiger partial charge in [-0.2, -0.15) is 5.10 Å². The Bertz CT molecular complexity index is 724. The zero-order valence-electron chi connectivity index (χ0n) is 12.9. The number of carboxylic acids is 1. The summed E-state index contributed by atoms with van der Waals surface area (Å²) in [6.45, 7) is -0.179. The SMILES string of the molecule is COc1ccc(OCC(=O)N/N=C/c2ccc(C(=O)O)cc2)cc1. The van der Waals surface area contributed by atoms with Crippen LogP contribution in [0.2, 0.25) is 0 Å². The zero-order valence-corrected chi connectivity index (χ0v) is 12.9. The van der Waals surface area contributed by atoms with Crippen molar-refractivity contribution in [2.75, 3.05) is 13.7 Å². The molecule has 24 heavy (non-hydrogen) atoms. The minimum absolute atomic E-state index is 0.179. The molecular weight excluding hydrogens is 312 g/mol. The van der Waals surface area contributed by atoms with Gasteiger partial charge < -0.3 is 14.6 Å². The number of hydrogen-bond donors (Lipinski definition) is 2. The Balaban J connectivity index is 1.78. The molecule has 0 spiro atoms. The topological polar surface area (TPSA) is 97.2 Å². The molecule has 0 unspecified atom stereocenters. The van der Waals surface area contributed by atoms with Crippen LogP contribution >= 0.6 is 0 Å². The lowest BCUT2D eigenvalue weighted by atomic mass is 10.1. The number of carbonyl (C=O) groups is 2. The van der Waals surface area contributed by atoms with Gasteiger partial charge in [0.2, 0.25) is 0 Å². The average Bonchev–Trinajstić information content (AvgIpc) is 2.61. The standard InChI is InChI=1S/C17H16N2O5/c1-23-14-6-8-15(9-7-14)24-11-16(20)19-18-10-12-2-4-13(5-3-12)17(21)22/h2-10H,11H2,1H3,(H,19,20)(H,21,22)/b18-10+. The molecule has 0 radical (unpaired) electrons. The third kappa shape index (κ3) is 5.13. The summed E-state index contributed by atoms with van der Waals surface area (Å²) in [4.78, 5) is 22.3. The zero-order chi connectivity index (χ0) is 17.4. The Labute approximate surface area is 138 Å². The number of hydrazone groups is 1. The molecule has 0 heterocycles. The number of rotatable bonds is 7. The predicted molar refractivity (Wildman–Crippen MR) is 87.6 cm³/mol. The lowest BCUT2D eigenvalue weighted by molar-refractivity contribution is -0.123. The smallest absolute Gasteiger partial charge is 0.335 e. The highest BCUT2D eigenvalue weighted by molar-refractivity contribution is 5.89. The predicted octanol–water partition coefficient (Wildman–Crippen LogP) is 1.92. The summed E-state index contributed by atoms with van der Waals surface area (Å²) >= 11 is 0. The van der Waals surface area contributed by atoms with E-state index in [2.05, 4.69) is 10.5 Å². The first kappa shape index (κ1) is 17.0. The van der Waals surface area contributed by atoms with Gasteiger partial charge in [0.25, 0.3) is 5.91 Å². The highest BCUT2D eigenvalue weighted by atomic mass is 16.5. The summed E-state index contributed by atoms with van der Waals surface area (Å²) in [6.07, 6.45) is 1.41. The molecule has 7 nitrogen and oxygen atoms in total. The van der Waals surface area contributed by atoms with E-state index >= 15 is 0 Å². The second kappa shape index (κ2) is 8.33. The quantitative estimate of drug-likeness (QED) is 0.598. The highest BCUT2D eigenvalue weighted by Gasteiger charge is 2.02. The number of benzene rings is 2. The van der Waals surface area contributed by atoms with E-state index in [9.17, 15) is 9.59 Å². The molecule has 2 aromatic carbocycles. The summed E-state index contributed by atoms with van der Waals surface area (Å²) in [5.41, 5.74) is 3.17. The number of carboxylic acid groups (broad SMARTS) is 1. The van der Waals surface area contributed by atoms with Gasteiger partial charge in [0.15, 0.2) is 6.61 Å². The summed E-state index contributed by atoms with van der Waals surface area (Å²) in [5, 5.41) is 12.6. The number of amides is 1. The third-order valence-electron chi connectivity index (χ3n) is 2.99. The van der Waals surface area contributed by atoms with Gasteiger partial charge in [-0.1, -0.05) is 12.1 Å². The van der Waals surface area contributed by atoms with Gasteiger partial charge >= 0.3 is 5.97 Å². The fraction of sp³-hybridized carbons (Fsp3) is 0.118. The normalized spacial score (nSPS) is 10.4. The van der Waals surface area contributed by atoms with Crippen molar-refractivity contribution in [1.82, 2.24) is 5.43 Å². The Hall–Kier alpha value is -3.35. The van der Waals surface area contributed by atoms with Crippen molar-refractivity contribution < 1.29 is 24.2 Å². The second-order valence-corrected chi connectivity index (χ2v) is 4.68. The molecule has 0 bridgehead atoms. The van der Waals surface area contributed by atoms with Crippen molar-refractivity contribution in [3.63, 3.8) is 0 Å². The van der Waals surface area contributed by atoms with E-state index in [0.29, 0.717) is 17.1 Å². The number of methoxy groups -OCH3 is 1. The van der Waals surface area contributed by atoms with Crippen molar-refractivity contribution in [3.8, 4) is 11.5 Å². The summed E-state index contributed by atoms with van der Waals surface area (Å²) in [7, 11) is 1.57. The first-order valence-electron chi connectivity index (χ1n) is 7.00. The van der Waals surface area contributed by atoms with Crippen LogP contribution in [0.3, 0.4) is 0 Å². The summed E-state index contributed by atoms with van der Waals surface area (Å²) in [5.74, 6) is -0.170. The van der Waals surface area contributed by atoms with Crippen LogP contribution < -0.4 is 14.9 Å². The molecule has 0 aromatic heterocycles. The van der Waals surface area contributed by atoms with Crippen LogP contribution in [0.4, 0.5) is 0 Å². The largest absolute Gasteiger partial charge is 0.497 e. The van der Waals surface area contributed by atoms with E-state index in [4.69, 9.17) is 14.6 Å². The van der Waals surface area contributed by atoms with Crippen LogP contribution in [0, 0.1) is 0 Å². The van der Waals surface area contributed by atoms with Gasteiger partial charge in [0.05, 0.1) is 18.9 Å². The molecule has 2 rings (SSSR count). The van der Waals surface area contributed by atoms with E-state index in [1.54, 1.807) is 43.5 Å². The van der Waals surface area contributed by atoms with Crippen molar-refractivity contribution >= 4 is 18.1 Å². The molecule has 1 amide bonds. The third-order valence-corrected chi connectivity index (χ3v) is 2.99. The Morgan fingerprint density at radius 1 is 1.08 bits per heavy atom. The van der Waals surface area contributed by atoms with Crippen molar-refractivity contribution in [2.24, 2.45) is 5.10 Å². The van der Waals surface area contributed by atoms with E-state index < -0.39 is 11.9 Å². The lowest BCUT2D eigenvalue weighted by Gasteiger charge is -2.05. The first-order chi connectivity index (χ1) is 11.6. The summed E-state index contributed by atoms with van der Waals surface area (Å²) in [6, 6.07) is 12.9. The molecule has 2 aromatic rings. The van der Waals surface area contributed by atoms with E-state index in [1.807, 2.05) is 0 Å². The molecule has 124 valence electrons. The maximum Gasteiger partial charge on any atom is 0.335 e. The van der Waals surface area contributed by atoms with E-state index in [1.165, 1.54) is 18.3 Å². The average molecular weight is 328 g/mol. The van der Waals surface area contributed by atoms with Gasteiger partial charge in [-0.3, -0.25) is 4.79 Å². The van der Waals surface area contributed by atoms with Crippen molar-refractivity contribution in [3.05, 3.63) is 59.7 Å². The number of nitrogens with one attached hydrogen (secondary N) is 1. The van der Waals surface area contributed by atoms with Crippen LogP contribution in [0.25, 0.3) is 0 Å². The molecule has 0 saturated heterocycles. The van der Waals surface area contributed by atoms with Gasteiger partial charge in [-0.25, -0.2) is 10.2 Å². The van der Waals surface area contributed by atoms with Crippen LogP contribution in [0.15, 0.2) is 53.6 Å². The summed E-state index contributed by atoms with van der Waals surface area (Å²) < 4.78 is 10.3. The highest BCUT2D eigenvalue weighted by Crippen LogP contribution is 2.16. The van der Waals surface area contributed by atoms with Crippen LogP contribution in [-0.2, 0) is 4.79 Å². The maximum absolute atomic E-state index is 11.6. The molecule has 0 aliphatic heterocycles. The Morgan fingerprint density at radius 3 is 2.29 bits per heavy atom. The second-order valence-electron chi connectivity index (χ2n) is 4.68. The van der Waals surface area contributed by atoms with Crippen molar-refractivity contribution in [1.29, 1.82) is 0 Å². The number of hydrogen-bond acceptors (Lipinski definition) is 5. The minimum Gasteiger partial charge on any atom is -0.497 e. The minimum atomic E-state index is -0.998. The molecular formula is C17H16N2O5. The van der Waals surface area contributed by atoms with Gasteiger partial charge in [0, 0.05) is 0 Å². The lowest BCUT2D eigenvalue weighted by Crippen LogP contribution is -2.24. The number of aromatic carboxylic acids is 1. The fourth-order valence-electron chi connectivity index (χ4n) is 1.74. The fourth-order valence-corrected chi connectivity index (χ4v) is 1.74. The van der Waals surface area contributed by atoms with Crippen LogP contribution in [0.1, 0.15) is 15.9 Å². The van der Waals surface area contributed by atoms with Crippen LogP contribution in [-0.4, -0.2) is 36.9 Å². The van der Waals surface area contributed by atoms with E-state index in [0.717, 1.165) is 0 Å². The number of carbonyl (C=O) groups excluding carboxylic acids is 1. The molecule has 0 aliphatic rings. The molecule has 0 aliphatic carbocycles. The van der Waals surface area contributed by atoms with E-state index in [-0.39, 0.29) is 12.2 Å². The number of ether oxygens (including phenoxy) is 2. The molecule has 2 N–H and O–H groups in total. The van der Waals surface area contributed by atoms with Gasteiger partial charge in [0.1, 0.15) is 11.5 Å². The monoisotopic (exact) mass is 328 g/mol. The molecule has 0 atom stereocenters. The first-order valence-corrected chi connectivity index (χ1v) is 7.00. The van der Waals surface area contributed by atoms with Crippen LogP contribution in [0.5, 0.6) is 11.5 Å². The van der Waals surface area contributed by atoms with Crippen molar-refractivity contribution in [2.45, 2.75) is 0 Å². The Morgan fingerprint density at radius 2 is 1.71 bits per heavy atom. The molecule has 0 fully saturated rings. The Kier molecular flexibility index (Phi) is 5.90. The van der Waals surface area contributed by atoms with Gasteiger partial charge in [-0.15, -0.1) is 0 Å². The number of nitrogens with zero attached hydrogens (tertiary/aromatic N) is 1. The molecule has 0 saturated carbocycles. The van der Waals surface area contributed by atoms with Gasteiger partial charge in [-0.05, 0) is 42.0 Å². The maximum atomic E-state index is 11.6.